The average Bonchev–Trinajstić information content (AvgIpc) is 3.00. The number of nitrogens with two attached hydrogens (primary N) is 1. The molecule has 28 heavy (non-hydrogen) atoms. The Morgan fingerprint density at radius 1 is 1.21 bits per heavy atom. The second-order valence-corrected chi connectivity index (χ2v) is 11.5. The van der Waals surface area contributed by atoms with Gasteiger partial charge in [-0.3, -0.25) is 4.79 Å². The van der Waals surface area contributed by atoms with Crippen LogP contribution < -0.4 is 10.5 Å². The number of rotatable bonds is 3. The summed E-state index contributed by atoms with van der Waals surface area (Å²) >= 11 is 1.54. The SMILES string of the molecule is Cc1cc(S(N)(=O)=O)cc(NC(=O)c2cc3c(s2)CCC(C(C)(C)C)C3)c1C. The number of anilines is 1. The van der Waals surface area contributed by atoms with Gasteiger partial charge < -0.3 is 5.32 Å². The third-order valence-corrected chi connectivity index (χ3v) is 7.88. The summed E-state index contributed by atoms with van der Waals surface area (Å²) in [5, 5.41) is 8.14. The number of thiophene rings is 1. The van der Waals surface area contributed by atoms with E-state index in [-0.39, 0.29) is 16.2 Å². The number of hydrogen-bond acceptors (Lipinski definition) is 4. The van der Waals surface area contributed by atoms with Gasteiger partial charge in [0.2, 0.25) is 10.0 Å². The molecule has 3 rings (SSSR count). The van der Waals surface area contributed by atoms with Crippen LogP contribution in [0, 0.1) is 25.2 Å². The van der Waals surface area contributed by atoms with Crippen LogP contribution in [-0.4, -0.2) is 14.3 Å². The Kier molecular flexibility index (Phi) is 5.47. The number of sulfonamides is 1. The van der Waals surface area contributed by atoms with Crippen LogP contribution in [0.5, 0.6) is 0 Å². The number of nitrogens with one attached hydrogen (secondary N) is 1. The molecule has 5 nitrogen and oxygen atoms in total. The molecule has 0 bridgehead atoms. The number of hydrogen-bond donors (Lipinski definition) is 2. The molecule has 1 aromatic carbocycles. The zero-order valence-corrected chi connectivity index (χ0v) is 18.7. The van der Waals surface area contributed by atoms with Crippen molar-refractivity contribution in [2.45, 2.75) is 58.8 Å². The summed E-state index contributed by atoms with van der Waals surface area (Å²) in [7, 11) is -3.84. The number of carbonyl (C=O) groups is 1. The lowest BCUT2D eigenvalue weighted by molar-refractivity contribution is 0.103. The lowest BCUT2D eigenvalue weighted by Crippen LogP contribution is -2.26. The van der Waals surface area contributed by atoms with Gasteiger partial charge >= 0.3 is 0 Å². The van der Waals surface area contributed by atoms with Gasteiger partial charge in [-0.05, 0) is 79.3 Å². The van der Waals surface area contributed by atoms with Gasteiger partial charge in [0.15, 0.2) is 0 Å². The molecule has 7 heteroatoms. The van der Waals surface area contributed by atoms with Gasteiger partial charge in [-0.1, -0.05) is 20.8 Å². The second-order valence-electron chi connectivity index (χ2n) is 8.78. The highest BCUT2D eigenvalue weighted by molar-refractivity contribution is 7.89. The molecule has 0 spiro atoms. The second kappa shape index (κ2) is 7.28. The van der Waals surface area contributed by atoms with Gasteiger partial charge in [-0.15, -0.1) is 11.3 Å². The van der Waals surface area contributed by atoms with Crippen LogP contribution in [0.25, 0.3) is 0 Å². The van der Waals surface area contributed by atoms with Crippen molar-refractivity contribution in [1.29, 1.82) is 0 Å². The van der Waals surface area contributed by atoms with Gasteiger partial charge in [-0.25, -0.2) is 13.6 Å². The first kappa shape index (κ1) is 21.0. The molecule has 152 valence electrons. The van der Waals surface area contributed by atoms with Crippen molar-refractivity contribution in [3.05, 3.63) is 44.6 Å². The molecule has 1 aromatic heterocycles. The number of carbonyl (C=O) groups excluding carboxylic acids is 1. The Hall–Kier alpha value is -1.70. The number of primary sulfonamides is 1. The molecule has 1 aliphatic rings. The minimum Gasteiger partial charge on any atom is -0.321 e. The molecule has 0 fully saturated rings. The number of benzene rings is 1. The summed E-state index contributed by atoms with van der Waals surface area (Å²) in [5.74, 6) is 0.405. The van der Waals surface area contributed by atoms with E-state index in [2.05, 4.69) is 26.1 Å². The minimum atomic E-state index is -3.84. The van der Waals surface area contributed by atoms with Crippen LogP contribution in [0.15, 0.2) is 23.1 Å². The monoisotopic (exact) mass is 420 g/mol. The first-order valence-electron chi connectivity index (χ1n) is 9.43. The van der Waals surface area contributed by atoms with Gasteiger partial charge in [-0.2, -0.15) is 0 Å². The van der Waals surface area contributed by atoms with E-state index in [1.165, 1.54) is 22.6 Å². The summed E-state index contributed by atoms with van der Waals surface area (Å²) < 4.78 is 23.4. The molecule has 2 aromatic rings. The lowest BCUT2D eigenvalue weighted by Gasteiger charge is -2.33. The van der Waals surface area contributed by atoms with E-state index in [0.717, 1.165) is 30.4 Å². The normalized spacial score (nSPS) is 17.3. The van der Waals surface area contributed by atoms with Crippen molar-refractivity contribution in [3.63, 3.8) is 0 Å². The molecule has 3 N–H and O–H groups in total. The quantitative estimate of drug-likeness (QED) is 0.770. The fourth-order valence-electron chi connectivity index (χ4n) is 3.68. The first-order chi connectivity index (χ1) is 12.9. The molecule has 1 aliphatic carbocycles. The van der Waals surface area contributed by atoms with E-state index in [1.54, 1.807) is 18.3 Å². The number of fused-ring (bicyclic) bond motifs is 1. The van der Waals surface area contributed by atoms with Crippen LogP contribution in [0.2, 0.25) is 0 Å². The van der Waals surface area contributed by atoms with Crippen molar-refractivity contribution in [3.8, 4) is 0 Å². The molecular formula is C21H28N2O3S2. The first-order valence-corrected chi connectivity index (χ1v) is 11.8. The summed E-state index contributed by atoms with van der Waals surface area (Å²) in [4.78, 5) is 14.8. The Morgan fingerprint density at radius 3 is 2.50 bits per heavy atom. The Morgan fingerprint density at radius 2 is 1.89 bits per heavy atom. The van der Waals surface area contributed by atoms with E-state index in [0.29, 0.717) is 16.5 Å². The largest absolute Gasteiger partial charge is 0.321 e. The van der Waals surface area contributed by atoms with Crippen molar-refractivity contribution in [1.82, 2.24) is 0 Å². The van der Waals surface area contributed by atoms with Gasteiger partial charge in [0.1, 0.15) is 0 Å². The topological polar surface area (TPSA) is 89.3 Å². The predicted molar refractivity (Wildman–Crippen MR) is 115 cm³/mol. The van der Waals surface area contributed by atoms with E-state index in [4.69, 9.17) is 5.14 Å². The molecule has 0 radical (unpaired) electrons. The van der Waals surface area contributed by atoms with Crippen LogP contribution >= 0.6 is 11.3 Å². The third kappa shape index (κ3) is 4.31. The van der Waals surface area contributed by atoms with Gasteiger partial charge in [0.25, 0.3) is 5.91 Å². The maximum Gasteiger partial charge on any atom is 0.265 e. The summed E-state index contributed by atoms with van der Waals surface area (Å²) in [5.41, 5.74) is 3.60. The Balaban J connectivity index is 1.86. The highest BCUT2D eigenvalue weighted by atomic mass is 32.2. The molecule has 1 atom stereocenters. The van der Waals surface area contributed by atoms with E-state index < -0.39 is 10.0 Å². The summed E-state index contributed by atoms with van der Waals surface area (Å²) in [6.45, 7) is 10.5. The van der Waals surface area contributed by atoms with E-state index in [1.807, 2.05) is 13.0 Å². The van der Waals surface area contributed by atoms with Crippen molar-refractivity contribution >= 4 is 33.0 Å². The summed E-state index contributed by atoms with van der Waals surface area (Å²) in [6, 6.07) is 4.95. The smallest absolute Gasteiger partial charge is 0.265 e. The highest BCUT2D eigenvalue weighted by Crippen LogP contribution is 2.40. The molecule has 0 saturated carbocycles. The zero-order valence-electron chi connectivity index (χ0n) is 17.0. The molecule has 0 saturated heterocycles. The van der Waals surface area contributed by atoms with Gasteiger partial charge in [0, 0.05) is 10.6 Å². The minimum absolute atomic E-state index is 0.00407. The van der Waals surface area contributed by atoms with Crippen molar-refractivity contribution in [2.24, 2.45) is 16.5 Å². The lowest BCUT2D eigenvalue weighted by atomic mass is 9.72. The number of aryl methyl sites for hydroxylation is 2. The van der Waals surface area contributed by atoms with E-state index in [9.17, 15) is 13.2 Å². The van der Waals surface area contributed by atoms with Crippen molar-refractivity contribution in [2.75, 3.05) is 5.32 Å². The molecule has 1 heterocycles. The molecule has 1 unspecified atom stereocenters. The fraction of sp³-hybridized carbons (Fsp3) is 0.476. The number of amides is 1. The molecular weight excluding hydrogens is 392 g/mol. The van der Waals surface area contributed by atoms with Crippen LogP contribution in [-0.2, 0) is 22.9 Å². The Labute approximate surface area is 171 Å². The van der Waals surface area contributed by atoms with Gasteiger partial charge in [0.05, 0.1) is 9.77 Å². The molecule has 1 amide bonds. The highest BCUT2D eigenvalue weighted by Gasteiger charge is 2.30. The Bertz CT molecular complexity index is 1030. The summed E-state index contributed by atoms with van der Waals surface area (Å²) in [6.07, 6.45) is 3.16. The maximum atomic E-state index is 12.9. The van der Waals surface area contributed by atoms with Crippen LogP contribution in [0.1, 0.15) is 58.4 Å². The zero-order chi connectivity index (χ0) is 20.9. The average molecular weight is 421 g/mol. The fourth-order valence-corrected chi connectivity index (χ4v) is 5.41. The molecule has 0 aliphatic heterocycles. The standard InChI is InChI=1S/C21H28N2O3S2/c1-12-8-16(28(22,25)26)11-17(13(12)2)23-20(24)19-10-14-9-15(21(3,4)5)6-7-18(14)27-19/h8,10-11,15H,6-7,9H2,1-5H3,(H,23,24)(H2,22,25,26). The predicted octanol–water partition coefficient (Wildman–Crippen LogP) is 4.42. The third-order valence-electron chi connectivity index (χ3n) is 5.75. The van der Waals surface area contributed by atoms with E-state index >= 15 is 0 Å². The maximum absolute atomic E-state index is 12.9. The van der Waals surface area contributed by atoms with Crippen LogP contribution in [0.3, 0.4) is 0 Å². The van der Waals surface area contributed by atoms with Crippen LogP contribution in [0.4, 0.5) is 5.69 Å². The van der Waals surface area contributed by atoms with Crippen molar-refractivity contribution < 1.29 is 13.2 Å².